The van der Waals surface area contributed by atoms with Crippen LogP contribution < -0.4 is 0 Å². The summed E-state index contributed by atoms with van der Waals surface area (Å²) in [5.74, 6) is 0. The van der Waals surface area contributed by atoms with Crippen molar-refractivity contribution in [1.82, 2.24) is 0 Å². The number of aliphatic hydroxyl groups excluding tert-OH is 2. The van der Waals surface area contributed by atoms with E-state index in [0.717, 1.165) is 12.8 Å². The standard InChI is InChI=1S/C20H16.2C2H6O.Zr/c1-2-6-18-12-15(11-17(18)5-1)9-10-16-13-19-7-3-4-8-20(19)14-16;2*1-2-3;/h1-8,11-14H,9-10H2;2*3H,2H2,1H3;/q-2;;;+2. The van der Waals surface area contributed by atoms with Crippen LogP contribution in [0.2, 0.25) is 0 Å². The maximum atomic E-state index is 7.57. The molecule has 0 radical (unpaired) electrons. The molecular weight excluding hydrogens is 411 g/mol. The van der Waals surface area contributed by atoms with Crippen LogP contribution >= 0.6 is 0 Å². The second-order valence-electron chi connectivity index (χ2n) is 6.12. The fraction of sp³-hybridized carbons (Fsp3) is 0.250. The van der Waals surface area contributed by atoms with Gasteiger partial charge in [-0.1, -0.05) is 12.1 Å². The van der Waals surface area contributed by atoms with Gasteiger partial charge in [0.1, 0.15) is 0 Å². The number of hydrogen-bond acceptors (Lipinski definition) is 2. The molecule has 0 heterocycles. The molecule has 140 valence electrons. The van der Waals surface area contributed by atoms with Crippen molar-refractivity contribution in [2.45, 2.75) is 26.7 Å². The molecule has 0 aliphatic heterocycles. The molecule has 3 heteroatoms. The first kappa shape index (κ1) is 23.5. The van der Waals surface area contributed by atoms with Crippen molar-refractivity contribution < 1.29 is 36.4 Å². The summed E-state index contributed by atoms with van der Waals surface area (Å²) in [6.45, 7) is 3.86. The third kappa shape index (κ3) is 7.18. The van der Waals surface area contributed by atoms with Crippen molar-refractivity contribution in [2.24, 2.45) is 0 Å². The molecule has 27 heavy (non-hydrogen) atoms. The Hall–Kier alpha value is -1.54. The Bertz CT molecular complexity index is 763. The Labute approximate surface area is 181 Å². The Balaban J connectivity index is 0.000000466. The summed E-state index contributed by atoms with van der Waals surface area (Å²) in [6.07, 6.45) is 2.23. The molecule has 0 saturated carbocycles. The number of rotatable bonds is 3. The van der Waals surface area contributed by atoms with Gasteiger partial charge in [-0.05, 0) is 26.7 Å². The topological polar surface area (TPSA) is 40.5 Å². The molecule has 4 rings (SSSR count). The predicted octanol–water partition coefficient (Wildman–Crippen LogP) is 5.21. The van der Waals surface area contributed by atoms with Gasteiger partial charge < -0.3 is 10.2 Å². The number of benzene rings is 2. The van der Waals surface area contributed by atoms with Gasteiger partial charge >= 0.3 is 26.2 Å². The summed E-state index contributed by atoms with van der Waals surface area (Å²) in [6, 6.07) is 26.5. The molecule has 4 aromatic rings. The van der Waals surface area contributed by atoms with Gasteiger partial charge in [0.15, 0.2) is 0 Å². The number of hydrogen-bond donors (Lipinski definition) is 2. The van der Waals surface area contributed by atoms with Gasteiger partial charge in [-0.2, -0.15) is 12.1 Å². The Morgan fingerprint density at radius 1 is 0.667 bits per heavy atom. The van der Waals surface area contributed by atoms with Gasteiger partial charge in [-0.25, -0.2) is 0 Å². The second-order valence-corrected chi connectivity index (χ2v) is 6.12. The molecule has 0 unspecified atom stereocenters. The summed E-state index contributed by atoms with van der Waals surface area (Å²) in [7, 11) is 0. The van der Waals surface area contributed by atoms with Crippen molar-refractivity contribution in [3.63, 3.8) is 0 Å². The number of aliphatic hydroxyl groups is 2. The molecule has 0 aliphatic carbocycles. The van der Waals surface area contributed by atoms with Gasteiger partial charge in [0.2, 0.25) is 0 Å². The Morgan fingerprint density at radius 2 is 1.00 bits per heavy atom. The van der Waals surface area contributed by atoms with Crippen molar-refractivity contribution in [3.05, 3.63) is 83.9 Å². The third-order valence-electron chi connectivity index (χ3n) is 4.06. The molecule has 0 spiro atoms. The summed E-state index contributed by atoms with van der Waals surface area (Å²) in [4.78, 5) is 0. The molecular formula is C24H28O2Zr. The zero-order valence-electron chi connectivity index (χ0n) is 16.2. The van der Waals surface area contributed by atoms with Gasteiger partial charge in [-0.3, -0.25) is 0 Å². The van der Waals surface area contributed by atoms with Crippen molar-refractivity contribution in [1.29, 1.82) is 0 Å². The zero-order valence-corrected chi connectivity index (χ0v) is 18.6. The van der Waals surface area contributed by atoms with Crippen LogP contribution in [0.25, 0.3) is 21.5 Å². The van der Waals surface area contributed by atoms with Crippen LogP contribution in [0.3, 0.4) is 0 Å². The number of aryl methyl sites for hydroxylation is 2. The first-order chi connectivity index (χ1) is 12.7. The maximum Gasteiger partial charge on any atom is 2.00 e. The van der Waals surface area contributed by atoms with Crippen LogP contribution in [-0.4, -0.2) is 23.4 Å². The fourth-order valence-electron chi connectivity index (χ4n) is 3.01. The van der Waals surface area contributed by atoms with Crippen LogP contribution in [0.4, 0.5) is 0 Å². The van der Waals surface area contributed by atoms with Crippen molar-refractivity contribution in [2.75, 3.05) is 13.2 Å². The number of fused-ring (bicyclic) bond motifs is 2. The molecule has 0 fully saturated rings. The molecule has 0 atom stereocenters. The molecule has 0 bridgehead atoms. The zero-order chi connectivity index (χ0) is 18.8. The molecule has 2 nitrogen and oxygen atoms in total. The Morgan fingerprint density at radius 3 is 1.33 bits per heavy atom. The van der Waals surface area contributed by atoms with E-state index < -0.39 is 0 Å². The third-order valence-corrected chi connectivity index (χ3v) is 4.06. The summed E-state index contributed by atoms with van der Waals surface area (Å²) in [5.41, 5.74) is 2.88. The molecule has 2 N–H and O–H groups in total. The SMILES string of the molecule is CCO.CCO.[Zr+2].c1ccc2[cH-]c(CCc3cc4ccccc4[cH-]3)cc2c1. The first-order valence-corrected chi connectivity index (χ1v) is 9.22. The van der Waals surface area contributed by atoms with Crippen LogP contribution in [0.5, 0.6) is 0 Å². The monoisotopic (exact) mass is 438 g/mol. The summed E-state index contributed by atoms with van der Waals surface area (Å²) < 4.78 is 0. The molecule has 0 aliphatic rings. The van der Waals surface area contributed by atoms with Crippen molar-refractivity contribution >= 4 is 21.5 Å². The van der Waals surface area contributed by atoms with E-state index in [1.807, 2.05) is 0 Å². The van der Waals surface area contributed by atoms with E-state index in [0.29, 0.717) is 0 Å². The smallest absolute Gasteiger partial charge is 0.397 e. The summed E-state index contributed by atoms with van der Waals surface area (Å²) in [5, 5.41) is 20.6. The molecule has 0 aromatic heterocycles. The quantitative estimate of drug-likeness (QED) is 0.430. The fourth-order valence-corrected chi connectivity index (χ4v) is 3.01. The molecule has 4 aromatic carbocycles. The minimum atomic E-state index is 0. The van der Waals surface area contributed by atoms with Gasteiger partial charge in [0.05, 0.1) is 0 Å². The molecule has 0 saturated heterocycles. The average Bonchev–Trinajstić information content (AvgIpc) is 3.24. The van der Waals surface area contributed by atoms with Crippen LogP contribution in [0.1, 0.15) is 25.0 Å². The van der Waals surface area contributed by atoms with Gasteiger partial charge in [0.25, 0.3) is 0 Å². The van der Waals surface area contributed by atoms with Crippen LogP contribution in [0.15, 0.2) is 72.8 Å². The molecule has 0 amide bonds. The largest absolute Gasteiger partial charge is 2.00 e. The first-order valence-electron chi connectivity index (χ1n) is 9.22. The normalized spacial score (nSPS) is 9.78. The second kappa shape index (κ2) is 12.8. The van der Waals surface area contributed by atoms with Gasteiger partial charge in [-0.15, -0.1) is 81.2 Å². The summed E-state index contributed by atoms with van der Waals surface area (Å²) >= 11 is 0. The van der Waals surface area contributed by atoms with Crippen LogP contribution in [-0.2, 0) is 39.0 Å². The van der Waals surface area contributed by atoms with E-state index in [9.17, 15) is 0 Å². The Kier molecular flexibility index (Phi) is 11.1. The van der Waals surface area contributed by atoms with Crippen LogP contribution in [0, 0.1) is 0 Å². The minimum absolute atomic E-state index is 0. The van der Waals surface area contributed by atoms with E-state index in [2.05, 4.69) is 72.8 Å². The maximum absolute atomic E-state index is 7.57. The van der Waals surface area contributed by atoms with E-state index >= 15 is 0 Å². The van der Waals surface area contributed by atoms with Gasteiger partial charge in [0, 0.05) is 13.2 Å². The van der Waals surface area contributed by atoms with E-state index in [1.165, 1.54) is 32.7 Å². The van der Waals surface area contributed by atoms with E-state index in [1.54, 1.807) is 13.8 Å². The minimum Gasteiger partial charge on any atom is -0.397 e. The predicted molar refractivity (Wildman–Crippen MR) is 112 cm³/mol. The average molecular weight is 440 g/mol. The van der Waals surface area contributed by atoms with E-state index in [4.69, 9.17) is 10.2 Å². The van der Waals surface area contributed by atoms with Crippen molar-refractivity contribution in [3.8, 4) is 0 Å². The van der Waals surface area contributed by atoms with E-state index in [-0.39, 0.29) is 39.4 Å².